The summed E-state index contributed by atoms with van der Waals surface area (Å²) in [5, 5.41) is 12.4. The molecule has 1 fully saturated rings. The van der Waals surface area contributed by atoms with E-state index in [9.17, 15) is 0 Å². The fraction of sp³-hybridized carbons (Fsp3) is 0.600. The summed E-state index contributed by atoms with van der Waals surface area (Å²) >= 11 is 0. The van der Waals surface area contributed by atoms with Gasteiger partial charge in [0.1, 0.15) is 0 Å². The molecule has 1 aliphatic rings. The molecule has 1 N–H and O–H groups in total. The monoisotopic (exact) mass is 273 g/mol. The molecule has 1 atom stereocenters. The lowest BCUT2D eigenvalue weighted by atomic mass is 10.3. The van der Waals surface area contributed by atoms with Crippen molar-refractivity contribution in [2.24, 2.45) is 0 Å². The molecule has 1 saturated carbocycles. The predicted molar refractivity (Wildman–Crippen MR) is 78.3 cm³/mol. The Hall–Kier alpha value is -1.62. The quantitative estimate of drug-likeness (QED) is 0.879. The molecule has 0 amide bonds. The van der Waals surface area contributed by atoms with E-state index in [1.807, 2.05) is 23.1 Å². The summed E-state index contributed by atoms with van der Waals surface area (Å²) in [7, 11) is 0. The number of nitrogens with zero attached hydrogens (tertiary/aromatic N) is 4. The number of hydrogen-bond acceptors (Lipinski definition) is 3. The highest BCUT2D eigenvalue weighted by Gasteiger charge is 2.17. The van der Waals surface area contributed by atoms with Crippen molar-refractivity contribution in [2.45, 2.75) is 57.8 Å². The van der Waals surface area contributed by atoms with Gasteiger partial charge in [0.25, 0.3) is 0 Å². The fourth-order valence-corrected chi connectivity index (χ4v) is 2.88. The zero-order valence-electron chi connectivity index (χ0n) is 12.1. The largest absolute Gasteiger partial charge is 0.307 e. The Morgan fingerprint density at radius 2 is 2.20 bits per heavy atom. The third-order valence-corrected chi connectivity index (χ3v) is 4.01. The van der Waals surface area contributed by atoms with E-state index >= 15 is 0 Å². The second-order valence-electron chi connectivity index (χ2n) is 5.74. The molecule has 0 saturated heterocycles. The van der Waals surface area contributed by atoms with E-state index in [1.165, 1.54) is 25.7 Å². The van der Waals surface area contributed by atoms with Gasteiger partial charge in [0.15, 0.2) is 0 Å². The molecule has 2 heterocycles. The molecule has 1 aliphatic carbocycles. The van der Waals surface area contributed by atoms with Gasteiger partial charge in [0.05, 0.1) is 18.3 Å². The maximum absolute atomic E-state index is 4.69. The minimum Gasteiger partial charge on any atom is -0.307 e. The van der Waals surface area contributed by atoms with E-state index in [0.717, 1.165) is 18.8 Å². The summed E-state index contributed by atoms with van der Waals surface area (Å²) in [4.78, 5) is 0. The van der Waals surface area contributed by atoms with Gasteiger partial charge in [-0.1, -0.05) is 12.8 Å². The van der Waals surface area contributed by atoms with Gasteiger partial charge in [0.2, 0.25) is 0 Å². The molecule has 108 valence electrons. The first-order valence-corrected chi connectivity index (χ1v) is 7.56. The van der Waals surface area contributed by atoms with Crippen molar-refractivity contribution in [1.29, 1.82) is 0 Å². The molecule has 0 spiro atoms. The second-order valence-corrected chi connectivity index (χ2v) is 5.74. The van der Waals surface area contributed by atoms with E-state index in [-0.39, 0.29) is 0 Å². The maximum Gasteiger partial charge on any atom is 0.0762 e. The van der Waals surface area contributed by atoms with E-state index in [0.29, 0.717) is 12.1 Å². The van der Waals surface area contributed by atoms with Gasteiger partial charge in [-0.3, -0.25) is 9.36 Å². The zero-order chi connectivity index (χ0) is 13.8. The van der Waals surface area contributed by atoms with Gasteiger partial charge in [-0.15, -0.1) is 0 Å². The lowest BCUT2D eigenvalue weighted by Gasteiger charge is -2.13. The normalized spacial score (nSPS) is 17.6. The first-order valence-electron chi connectivity index (χ1n) is 7.56. The molecule has 0 aliphatic heterocycles. The summed E-state index contributed by atoms with van der Waals surface area (Å²) in [6.45, 7) is 3.88. The summed E-state index contributed by atoms with van der Waals surface area (Å²) < 4.78 is 4.11. The molecule has 5 nitrogen and oxygen atoms in total. The Morgan fingerprint density at radius 3 is 2.95 bits per heavy atom. The Bertz CT molecular complexity index is 510. The van der Waals surface area contributed by atoms with Crippen molar-refractivity contribution in [3.8, 4) is 0 Å². The van der Waals surface area contributed by atoms with Gasteiger partial charge in [-0.25, -0.2) is 0 Å². The summed E-state index contributed by atoms with van der Waals surface area (Å²) in [6, 6.07) is 5.10. The highest BCUT2D eigenvalue weighted by molar-refractivity contribution is 5.00. The molecule has 20 heavy (non-hydrogen) atoms. The number of nitrogens with one attached hydrogen (secondary N) is 1. The smallest absolute Gasteiger partial charge is 0.0762 e. The molecule has 2 aromatic heterocycles. The molecule has 0 radical (unpaired) electrons. The van der Waals surface area contributed by atoms with Crippen LogP contribution in [-0.2, 0) is 13.1 Å². The van der Waals surface area contributed by atoms with Gasteiger partial charge >= 0.3 is 0 Å². The maximum atomic E-state index is 4.69. The van der Waals surface area contributed by atoms with Crippen molar-refractivity contribution >= 4 is 0 Å². The minimum atomic E-state index is 0.381. The van der Waals surface area contributed by atoms with Crippen LogP contribution < -0.4 is 5.32 Å². The molecule has 2 aromatic rings. The van der Waals surface area contributed by atoms with Crippen LogP contribution in [0.3, 0.4) is 0 Å². The van der Waals surface area contributed by atoms with Crippen LogP contribution in [-0.4, -0.2) is 25.6 Å². The molecular weight excluding hydrogens is 250 g/mol. The summed E-state index contributed by atoms with van der Waals surface area (Å²) in [5.41, 5.74) is 1.13. The van der Waals surface area contributed by atoms with Crippen LogP contribution in [0.4, 0.5) is 0 Å². The van der Waals surface area contributed by atoms with Crippen LogP contribution in [0.25, 0.3) is 0 Å². The van der Waals surface area contributed by atoms with Gasteiger partial charge in [0, 0.05) is 31.2 Å². The number of aromatic nitrogens is 4. The van der Waals surface area contributed by atoms with Crippen LogP contribution in [0.5, 0.6) is 0 Å². The Kier molecular flexibility index (Phi) is 4.16. The summed E-state index contributed by atoms with van der Waals surface area (Å²) in [5.74, 6) is 0. The van der Waals surface area contributed by atoms with Crippen molar-refractivity contribution < 1.29 is 0 Å². The summed E-state index contributed by atoms with van der Waals surface area (Å²) in [6.07, 6.45) is 11.2. The predicted octanol–water partition coefficient (Wildman–Crippen LogP) is 2.37. The van der Waals surface area contributed by atoms with Crippen LogP contribution >= 0.6 is 0 Å². The second kappa shape index (κ2) is 6.22. The minimum absolute atomic E-state index is 0.381. The average Bonchev–Trinajstić information content (AvgIpc) is 3.18. The topological polar surface area (TPSA) is 47.7 Å². The SMILES string of the molecule is CC(Cn1cccn1)NCc1ccn(C2CCCC2)n1. The first kappa shape index (κ1) is 13.4. The average molecular weight is 273 g/mol. The molecule has 0 bridgehead atoms. The van der Waals surface area contributed by atoms with Gasteiger partial charge in [-0.2, -0.15) is 10.2 Å². The first-order chi connectivity index (χ1) is 9.81. The van der Waals surface area contributed by atoms with Crippen LogP contribution in [0, 0.1) is 0 Å². The van der Waals surface area contributed by atoms with Crippen molar-refractivity contribution in [1.82, 2.24) is 24.9 Å². The van der Waals surface area contributed by atoms with Crippen molar-refractivity contribution in [3.63, 3.8) is 0 Å². The van der Waals surface area contributed by atoms with E-state index < -0.39 is 0 Å². The molecule has 0 aromatic carbocycles. The Labute approximate surface area is 120 Å². The lowest BCUT2D eigenvalue weighted by molar-refractivity contribution is 0.436. The molecule has 5 heteroatoms. The van der Waals surface area contributed by atoms with Gasteiger partial charge < -0.3 is 5.32 Å². The van der Waals surface area contributed by atoms with Crippen molar-refractivity contribution in [2.75, 3.05) is 0 Å². The van der Waals surface area contributed by atoms with Crippen LogP contribution in [0.2, 0.25) is 0 Å². The van der Waals surface area contributed by atoms with Crippen LogP contribution in [0.15, 0.2) is 30.7 Å². The third-order valence-electron chi connectivity index (χ3n) is 4.01. The fourth-order valence-electron chi connectivity index (χ4n) is 2.88. The highest BCUT2D eigenvalue weighted by atomic mass is 15.3. The lowest BCUT2D eigenvalue weighted by Crippen LogP contribution is -2.30. The number of hydrogen-bond donors (Lipinski definition) is 1. The number of rotatable bonds is 6. The standard InChI is InChI=1S/C15H23N5/c1-13(12-19-9-4-8-17-19)16-11-14-7-10-20(18-14)15-5-2-3-6-15/h4,7-10,13,15-16H,2-3,5-6,11-12H2,1H3. The molecule has 3 rings (SSSR count). The van der Waals surface area contributed by atoms with E-state index in [1.54, 1.807) is 0 Å². The Morgan fingerprint density at radius 1 is 1.35 bits per heavy atom. The highest BCUT2D eigenvalue weighted by Crippen LogP contribution is 2.28. The zero-order valence-corrected chi connectivity index (χ0v) is 12.1. The van der Waals surface area contributed by atoms with Gasteiger partial charge in [-0.05, 0) is 31.9 Å². The third kappa shape index (κ3) is 3.28. The molecule has 1 unspecified atom stereocenters. The van der Waals surface area contributed by atoms with E-state index in [4.69, 9.17) is 5.10 Å². The van der Waals surface area contributed by atoms with Crippen molar-refractivity contribution in [3.05, 3.63) is 36.4 Å². The Balaban J connectivity index is 1.48. The molecular formula is C15H23N5. The van der Waals surface area contributed by atoms with E-state index in [2.05, 4.69) is 34.3 Å². The van der Waals surface area contributed by atoms with Crippen LogP contribution in [0.1, 0.15) is 44.3 Å².